The number of nitrogens with zero attached hydrogens (tertiary/aromatic N) is 3. The minimum absolute atomic E-state index is 0.216. The predicted molar refractivity (Wildman–Crippen MR) is 91.8 cm³/mol. The normalized spacial score (nSPS) is 15.6. The van der Waals surface area contributed by atoms with Crippen molar-refractivity contribution >= 4 is 11.4 Å². The number of anilines is 1. The van der Waals surface area contributed by atoms with Crippen LogP contribution in [0.3, 0.4) is 0 Å². The van der Waals surface area contributed by atoms with Gasteiger partial charge in [-0.1, -0.05) is 30.3 Å². The Bertz CT molecular complexity index is 694. The van der Waals surface area contributed by atoms with Crippen molar-refractivity contribution in [3.05, 3.63) is 69.8 Å². The minimum atomic E-state index is -0.293. The smallest absolute Gasteiger partial charge is 0.273 e. The fourth-order valence-electron chi connectivity index (χ4n) is 3.05. The molecule has 5 nitrogen and oxygen atoms in total. The maximum absolute atomic E-state index is 11.1. The van der Waals surface area contributed by atoms with Crippen molar-refractivity contribution < 1.29 is 4.92 Å². The first-order valence-corrected chi connectivity index (χ1v) is 7.90. The zero-order chi connectivity index (χ0) is 16.2. The number of para-hydroxylation sites is 1. The number of hydrogen-bond acceptors (Lipinski definition) is 4. The molecule has 1 aliphatic rings. The van der Waals surface area contributed by atoms with Gasteiger partial charge in [0.25, 0.3) is 5.69 Å². The molecule has 0 atom stereocenters. The highest BCUT2D eigenvalue weighted by Gasteiger charge is 2.20. The van der Waals surface area contributed by atoms with Crippen LogP contribution in [0.5, 0.6) is 0 Å². The van der Waals surface area contributed by atoms with Gasteiger partial charge in [-0.3, -0.25) is 15.0 Å². The SMILES string of the molecule is Cc1cccc(N2CCN(Cc3ccccc3[N+](=O)[O-])CC2)c1. The Morgan fingerprint density at radius 1 is 1.04 bits per heavy atom. The van der Waals surface area contributed by atoms with Crippen LogP contribution in [0.15, 0.2) is 48.5 Å². The summed E-state index contributed by atoms with van der Waals surface area (Å²) in [5.74, 6) is 0. The highest BCUT2D eigenvalue weighted by atomic mass is 16.6. The lowest BCUT2D eigenvalue weighted by Gasteiger charge is -2.36. The van der Waals surface area contributed by atoms with E-state index in [4.69, 9.17) is 0 Å². The lowest BCUT2D eigenvalue weighted by Crippen LogP contribution is -2.46. The Balaban J connectivity index is 1.63. The molecule has 5 heteroatoms. The first-order valence-electron chi connectivity index (χ1n) is 7.90. The van der Waals surface area contributed by atoms with Gasteiger partial charge >= 0.3 is 0 Å². The van der Waals surface area contributed by atoms with Gasteiger partial charge in [-0.2, -0.15) is 0 Å². The summed E-state index contributed by atoms with van der Waals surface area (Å²) in [6, 6.07) is 15.6. The van der Waals surface area contributed by atoms with E-state index in [0.29, 0.717) is 6.54 Å². The summed E-state index contributed by atoms with van der Waals surface area (Å²) in [7, 11) is 0. The Kier molecular flexibility index (Phi) is 4.57. The first kappa shape index (κ1) is 15.5. The van der Waals surface area contributed by atoms with E-state index in [0.717, 1.165) is 31.7 Å². The molecule has 0 N–H and O–H groups in total. The summed E-state index contributed by atoms with van der Waals surface area (Å²) >= 11 is 0. The van der Waals surface area contributed by atoms with Crippen LogP contribution in [0.1, 0.15) is 11.1 Å². The fraction of sp³-hybridized carbons (Fsp3) is 0.333. The van der Waals surface area contributed by atoms with E-state index >= 15 is 0 Å². The van der Waals surface area contributed by atoms with Crippen LogP contribution in [0.2, 0.25) is 0 Å². The molecular weight excluding hydrogens is 290 g/mol. The van der Waals surface area contributed by atoms with E-state index in [1.807, 2.05) is 12.1 Å². The molecule has 0 amide bonds. The van der Waals surface area contributed by atoms with Crippen molar-refractivity contribution in [1.29, 1.82) is 0 Å². The molecule has 0 saturated carbocycles. The Morgan fingerprint density at radius 2 is 1.78 bits per heavy atom. The van der Waals surface area contributed by atoms with Crippen LogP contribution in [0.25, 0.3) is 0 Å². The second-order valence-electron chi connectivity index (χ2n) is 5.99. The average Bonchev–Trinajstić information content (AvgIpc) is 2.56. The van der Waals surface area contributed by atoms with E-state index in [-0.39, 0.29) is 10.6 Å². The Labute approximate surface area is 136 Å². The van der Waals surface area contributed by atoms with Crippen LogP contribution in [-0.2, 0) is 6.54 Å². The number of nitro benzene ring substituents is 1. The van der Waals surface area contributed by atoms with Gasteiger partial charge in [-0.15, -0.1) is 0 Å². The molecule has 0 unspecified atom stereocenters. The van der Waals surface area contributed by atoms with Gasteiger partial charge in [0.1, 0.15) is 0 Å². The third-order valence-electron chi connectivity index (χ3n) is 4.32. The average molecular weight is 311 g/mol. The number of hydrogen-bond donors (Lipinski definition) is 0. The van der Waals surface area contributed by atoms with Crippen molar-refractivity contribution in [2.45, 2.75) is 13.5 Å². The third kappa shape index (κ3) is 3.68. The molecule has 2 aromatic carbocycles. The number of piperazine rings is 1. The van der Waals surface area contributed by atoms with Gasteiger partial charge in [0.2, 0.25) is 0 Å². The highest BCUT2D eigenvalue weighted by molar-refractivity contribution is 5.49. The van der Waals surface area contributed by atoms with Gasteiger partial charge in [-0.25, -0.2) is 0 Å². The lowest BCUT2D eigenvalue weighted by molar-refractivity contribution is -0.385. The molecule has 0 radical (unpaired) electrons. The van der Waals surface area contributed by atoms with Crippen LogP contribution >= 0.6 is 0 Å². The maximum atomic E-state index is 11.1. The third-order valence-corrected chi connectivity index (χ3v) is 4.32. The molecule has 1 heterocycles. The van der Waals surface area contributed by atoms with Crippen LogP contribution < -0.4 is 4.90 Å². The van der Waals surface area contributed by atoms with Crippen LogP contribution in [0, 0.1) is 17.0 Å². The first-order chi connectivity index (χ1) is 11.1. The van der Waals surface area contributed by atoms with Gasteiger partial charge in [0, 0.05) is 50.0 Å². The lowest BCUT2D eigenvalue weighted by atomic mass is 10.1. The predicted octanol–water partition coefficient (Wildman–Crippen LogP) is 3.23. The number of benzene rings is 2. The van der Waals surface area contributed by atoms with Crippen LogP contribution in [-0.4, -0.2) is 36.0 Å². The van der Waals surface area contributed by atoms with Crippen molar-refractivity contribution in [3.8, 4) is 0 Å². The van der Waals surface area contributed by atoms with E-state index < -0.39 is 0 Å². The van der Waals surface area contributed by atoms with Crippen molar-refractivity contribution in [3.63, 3.8) is 0 Å². The standard InChI is InChI=1S/C18H21N3O2/c1-15-5-4-7-17(13-15)20-11-9-19(10-12-20)14-16-6-2-3-8-18(16)21(22)23/h2-8,13H,9-12,14H2,1H3. The Hall–Kier alpha value is -2.40. The molecule has 0 aliphatic carbocycles. The summed E-state index contributed by atoms with van der Waals surface area (Å²) in [6.45, 7) is 6.47. The zero-order valence-electron chi connectivity index (χ0n) is 13.3. The number of aryl methyl sites for hydroxylation is 1. The largest absolute Gasteiger partial charge is 0.369 e. The molecule has 0 bridgehead atoms. The molecule has 3 rings (SSSR count). The van der Waals surface area contributed by atoms with E-state index in [1.54, 1.807) is 12.1 Å². The van der Waals surface area contributed by atoms with Crippen molar-refractivity contribution in [2.75, 3.05) is 31.1 Å². The maximum Gasteiger partial charge on any atom is 0.273 e. The molecule has 1 aliphatic heterocycles. The Morgan fingerprint density at radius 3 is 2.48 bits per heavy atom. The van der Waals surface area contributed by atoms with E-state index in [1.165, 1.54) is 11.3 Å². The monoisotopic (exact) mass is 311 g/mol. The second-order valence-corrected chi connectivity index (χ2v) is 5.99. The minimum Gasteiger partial charge on any atom is -0.369 e. The molecule has 0 aromatic heterocycles. The van der Waals surface area contributed by atoms with Crippen molar-refractivity contribution in [2.24, 2.45) is 0 Å². The van der Waals surface area contributed by atoms with Gasteiger partial charge in [0.05, 0.1) is 4.92 Å². The number of rotatable bonds is 4. The van der Waals surface area contributed by atoms with E-state index in [9.17, 15) is 10.1 Å². The van der Waals surface area contributed by atoms with Gasteiger partial charge < -0.3 is 4.90 Å². The summed E-state index contributed by atoms with van der Waals surface area (Å²) in [6.07, 6.45) is 0. The quantitative estimate of drug-likeness (QED) is 0.642. The summed E-state index contributed by atoms with van der Waals surface area (Å²) in [4.78, 5) is 15.5. The summed E-state index contributed by atoms with van der Waals surface area (Å²) in [5.41, 5.74) is 3.54. The molecule has 0 spiro atoms. The second kappa shape index (κ2) is 6.79. The van der Waals surface area contributed by atoms with Crippen LogP contribution in [0.4, 0.5) is 11.4 Å². The highest BCUT2D eigenvalue weighted by Crippen LogP contribution is 2.22. The topological polar surface area (TPSA) is 49.6 Å². The van der Waals surface area contributed by atoms with Gasteiger partial charge in [0.15, 0.2) is 0 Å². The molecule has 1 saturated heterocycles. The molecule has 2 aromatic rings. The molecular formula is C18H21N3O2. The fourth-order valence-corrected chi connectivity index (χ4v) is 3.05. The number of nitro groups is 1. The zero-order valence-corrected chi connectivity index (χ0v) is 13.3. The molecule has 120 valence electrons. The molecule has 1 fully saturated rings. The molecule has 23 heavy (non-hydrogen) atoms. The summed E-state index contributed by atoms with van der Waals surface area (Å²) < 4.78 is 0. The van der Waals surface area contributed by atoms with Gasteiger partial charge in [-0.05, 0) is 24.6 Å². The summed E-state index contributed by atoms with van der Waals surface area (Å²) in [5, 5.41) is 11.1. The van der Waals surface area contributed by atoms with Crippen molar-refractivity contribution in [1.82, 2.24) is 4.90 Å². The van der Waals surface area contributed by atoms with E-state index in [2.05, 4.69) is 41.0 Å².